The van der Waals surface area contributed by atoms with Gasteiger partial charge in [-0.2, -0.15) is 22.0 Å². The Balaban J connectivity index is 0.00000288. The number of hydrogen-bond donors (Lipinski definition) is 1. The minimum Gasteiger partial charge on any atom is -0.319 e. The summed E-state index contributed by atoms with van der Waals surface area (Å²) < 4.78 is 64.6. The van der Waals surface area contributed by atoms with Crippen molar-refractivity contribution < 1.29 is 22.0 Å². The molecule has 0 spiro atoms. The largest absolute Gasteiger partial charge is 0.455 e. The molecule has 0 amide bonds. The summed E-state index contributed by atoms with van der Waals surface area (Å²) in [4.78, 5) is 0.871. The van der Waals surface area contributed by atoms with E-state index in [4.69, 9.17) is 17.3 Å². The van der Waals surface area contributed by atoms with Crippen LogP contribution in [0.15, 0.2) is 58.3 Å². The van der Waals surface area contributed by atoms with Crippen LogP contribution in [0.5, 0.6) is 0 Å². The molecule has 2 aromatic rings. The van der Waals surface area contributed by atoms with E-state index in [0.717, 1.165) is 11.8 Å². The van der Waals surface area contributed by atoms with Crippen molar-refractivity contribution in [3.8, 4) is 0 Å². The highest BCUT2D eigenvalue weighted by molar-refractivity contribution is 7.99. The second-order valence-electron chi connectivity index (χ2n) is 4.69. The number of rotatable bonds is 4. The highest BCUT2D eigenvalue weighted by atomic mass is 35.5. The molecule has 24 heavy (non-hydrogen) atoms. The van der Waals surface area contributed by atoms with Crippen LogP contribution in [-0.2, 0) is 0 Å². The standard InChI is InChI=1S/C15H11ClF5NS.ClH/c16-9-5-7-10(8-6-9)23-12-4-2-1-3-11(12)13(22)14(17,18)15(19,20)21;/h1-8,13H,22H2;1H/t13-;/m1./s1. The van der Waals surface area contributed by atoms with Crippen LogP contribution in [0.25, 0.3) is 0 Å². The van der Waals surface area contributed by atoms with E-state index < -0.39 is 18.1 Å². The second-order valence-corrected chi connectivity index (χ2v) is 6.24. The van der Waals surface area contributed by atoms with Gasteiger partial charge in [-0.15, -0.1) is 12.4 Å². The van der Waals surface area contributed by atoms with Crippen LogP contribution in [-0.4, -0.2) is 12.1 Å². The summed E-state index contributed by atoms with van der Waals surface area (Å²) in [6.45, 7) is 0. The molecule has 0 aliphatic heterocycles. The summed E-state index contributed by atoms with van der Waals surface area (Å²) in [7, 11) is 0. The molecular formula is C15H12Cl2F5NS. The van der Waals surface area contributed by atoms with Crippen LogP contribution < -0.4 is 5.73 Å². The molecule has 0 unspecified atom stereocenters. The molecule has 0 aliphatic rings. The van der Waals surface area contributed by atoms with Gasteiger partial charge in [0.15, 0.2) is 0 Å². The molecule has 9 heteroatoms. The zero-order valence-electron chi connectivity index (χ0n) is 11.9. The van der Waals surface area contributed by atoms with Gasteiger partial charge in [0.2, 0.25) is 0 Å². The summed E-state index contributed by atoms with van der Waals surface area (Å²) in [5, 5.41) is 0.489. The van der Waals surface area contributed by atoms with Crippen molar-refractivity contribution in [2.45, 2.75) is 27.9 Å². The van der Waals surface area contributed by atoms with E-state index in [1.165, 1.54) is 18.2 Å². The molecule has 0 bridgehead atoms. The molecule has 0 radical (unpaired) electrons. The van der Waals surface area contributed by atoms with E-state index in [9.17, 15) is 22.0 Å². The molecular weight excluding hydrogens is 392 g/mol. The van der Waals surface area contributed by atoms with Crippen molar-refractivity contribution in [3.05, 3.63) is 59.1 Å². The SMILES string of the molecule is Cl.N[C@H](c1ccccc1Sc1ccc(Cl)cc1)C(F)(F)C(F)(F)F. The number of benzene rings is 2. The average Bonchev–Trinajstić information content (AvgIpc) is 2.48. The number of nitrogens with two attached hydrogens (primary N) is 1. The van der Waals surface area contributed by atoms with Gasteiger partial charge in [-0.3, -0.25) is 0 Å². The highest BCUT2D eigenvalue weighted by Gasteiger charge is 2.62. The Morgan fingerprint density at radius 1 is 0.917 bits per heavy atom. The molecule has 0 aromatic heterocycles. The smallest absolute Gasteiger partial charge is 0.319 e. The number of hydrogen-bond acceptors (Lipinski definition) is 2. The lowest BCUT2D eigenvalue weighted by atomic mass is 10.0. The first-order chi connectivity index (χ1) is 10.6. The van der Waals surface area contributed by atoms with Crippen molar-refractivity contribution in [1.29, 1.82) is 0 Å². The predicted octanol–water partition coefficient (Wildman–Crippen LogP) is 6.11. The maximum absolute atomic E-state index is 13.5. The van der Waals surface area contributed by atoms with Gasteiger partial charge in [-0.25, -0.2) is 0 Å². The summed E-state index contributed by atoms with van der Waals surface area (Å²) in [6, 6.07) is 9.50. The minimum atomic E-state index is -5.72. The van der Waals surface area contributed by atoms with Crippen LogP contribution >= 0.6 is 35.8 Å². The summed E-state index contributed by atoms with van der Waals surface area (Å²) in [5.41, 5.74) is 4.96. The highest BCUT2D eigenvalue weighted by Crippen LogP contribution is 2.45. The Morgan fingerprint density at radius 2 is 1.46 bits per heavy atom. The Hall–Kier alpha value is -1.02. The molecule has 1 atom stereocenters. The van der Waals surface area contributed by atoms with Crippen LogP contribution in [0, 0.1) is 0 Å². The Kier molecular flexibility index (Phi) is 6.93. The Bertz CT molecular complexity index is 676. The van der Waals surface area contributed by atoms with Gasteiger partial charge in [0, 0.05) is 14.8 Å². The van der Waals surface area contributed by atoms with Gasteiger partial charge in [0.1, 0.15) is 6.04 Å². The zero-order chi connectivity index (χ0) is 17.3. The molecule has 132 valence electrons. The third-order valence-electron chi connectivity index (χ3n) is 3.06. The van der Waals surface area contributed by atoms with E-state index in [2.05, 4.69) is 0 Å². The van der Waals surface area contributed by atoms with Crippen LogP contribution in [0.3, 0.4) is 0 Å². The second kappa shape index (κ2) is 7.91. The van der Waals surface area contributed by atoms with Crippen molar-refractivity contribution in [2.24, 2.45) is 5.73 Å². The molecule has 0 saturated heterocycles. The van der Waals surface area contributed by atoms with E-state index >= 15 is 0 Å². The summed E-state index contributed by atoms with van der Waals surface area (Å²) >= 11 is 6.79. The van der Waals surface area contributed by atoms with E-state index in [1.807, 2.05) is 0 Å². The summed E-state index contributed by atoms with van der Waals surface area (Å²) in [6.07, 6.45) is -5.72. The van der Waals surface area contributed by atoms with Crippen LogP contribution in [0.1, 0.15) is 11.6 Å². The fourth-order valence-corrected chi connectivity index (χ4v) is 2.94. The van der Waals surface area contributed by atoms with E-state index in [1.54, 1.807) is 30.3 Å². The first-order valence-electron chi connectivity index (χ1n) is 6.35. The predicted molar refractivity (Wildman–Crippen MR) is 87.2 cm³/mol. The first-order valence-corrected chi connectivity index (χ1v) is 7.55. The fraction of sp³-hybridized carbons (Fsp3) is 0.200. The van der Waals surface area contributed by atoms with E-state index in [-0.39, 0.29) is 22.9 Å². The van der Waals surface area contributed by atoms with Crippen molar-refractivity contribution in [3.63, 3.8) is 0 Å². The van der Waals surface area contributed by atoms with Gasteiger partial charge in [0.05, 0.1) is 0 Å². The third kappa shape index (κ3) is 4.53. The molecule has 1 nitrogen and oxygen atoms in total. The maximum atomic E-state index is 13.5. The third-order valence-corrected chi connectivity index (χ3v) is 4.42. The Labute approximate surface area is 150 Å². The number of halogens is 7. The first kappa shape index (κ1) is 21.0. The lowest BCUT2D eigenvalue weighted by molar-refractivity contribution is -0.291. The molecule has 0 aliphatic carbocycles. The lowest BCUT2D eigenvalue weighted by Gasteiger charge is -2.27. The molecule has 0 fully saturated rings. The monoisotopic (exact) mass is 403 g/mol. The minimum absolute atomic E-state index is 0. The van der Waals surface area contributed by atoms with E-state index in [0.29, 0.717) is 9.92 Å². The molecule has 2 rings (SSSR count). The van der Waals surface area contributed by atoms with Gasteiger partial charge in [-0.1, -0.05) is 41.6 Å². The van der Waals surface area contributed by atoms with Crippen molar-refractivity contribution in [2.75, 3.05) is 0 Å². The fourth-order valence-electron chi connectivity index (χ4n) is 1.83. The van der Waals surface area contributed by atoms with Gasteiger partial charge in [0.25, 0.3) is 0 Å². The summed E-state index contributed by atoms with van der Waals surface area (Å²) in [5.74, 6) is -5.02. The zero-order valence-corrected chi connectivity index (χ0v) is 14.2. The maximum Gasteiger partial charge on any atom is 0.455 e. The van der Waals surface area contributed by atoms with Crippen LogP contribution in [0.4, 0.5) is 22.0 Å². The Morgan fingerprint density at radius 3 is 2.00 bits per heavy atom. The van der Waals surface area contributed by atoms with Gasteiger partial charge < -0.3 is 5.73 Å². The normalized spacial score (nSPS) is 13.3. The quantitative estimate of drug-likeness (QED) is 0.623. The average molecular weight is 404 g/mol. The van der Waals surface area contributed by atoms with Gasteiger partial charge >= 0.3 is 12.1 Å². The molecule has 2 aromatic carbocycles. The van der Waals surface area contributed by atoms with Crippen molar-refractivity contribution >= 4 is 35.8 Å². The lowest BCUT2D eigenvalue weighted by Crippen LogP contribution is -2.46. The molecule has 0 heterocycles. The van der Waals surface area contributed by atoms with Crippen LogP contribution in [0.2, 0.25) is 5.02 Å². The van der Waals surface area contributed by atoms with Gasteiger partial charge in [-0.05, 0) is 35.9 Å². The van der Waals surface area contributed by atoms with Crippen molar-refractivity contribution in [1.82, 2.24) is 0 Å². The molecule has 0 saturated carbocycles. The molecule has 2 N–H and O–H groups in total. The number of alkyl halides is 5. The topological polar surface area (TPSA) is 26.0 Å².